The van der Waals surface area contributed by atoms with Gasteiger partial charge in [0.05, 0.1) is 7.11 Å². The molecule has 2 unspecified atom stereocenters. The maximum absolute atomic E-state index is 6.14. The van der Waals surface area contributed by atoms with Crippen molar-refractivity contribution in [3.05, 3.63) is 23.8 Å². The van der Waals surface area contributed by atoms with Gasteiger partial charge in [-0.25, -0.2) is 0 Å². The molecule has 0 saturated heterocycles. The molecule has 0 aliphatic carbocycles. The smallest absolute Gasteiger partial charge is 0.123 e. The number of ether oxygens (including phenoxy) is 2. The van der Waals surface area contributed by atoms with Gasteiger partial charge in [0.1, 0.15) is 18.1 Å². The van der Waals surface area contributed by atoms with Gasteiger partial charge in [0.2, 0.25) is 0 Å². The molecule has 1 aromatic rings. The fraction of sp³-hybridized carbons (Fsp3) is 0.647. The second-order valence-corrected chi connectivity index (χ2v) is 6.47. The van der Waals surface area contributed by atoms with E-state index in [1.54, 1.807) is 7.11 Å². The molecule has 0 aliphatic heterocycles. The minimum atomic E-state index is 0.00431. The Hall–Kier alpha value is -1.22. The average molecular weight is 279 g/mol. The summed E-state index contributed by atoms with van der Waals surface area (Å²) in [5.74, 6) is 2.22. The SMILES string of the molecule is CCC(C)C(N)COc1ccc(OC)cc1C(C)(C)C. The fourth-order valence-corrected chi connectivity index (χ4v) is 2.00. The maximum Gasteiger partial charge on any atom is 0.123 e. The van der Waals surface area contributed by atoms with E-state index in [0.29, 0.717) is 12.5 Å². The Bertz CT molecular complexity index is 423. The van der Waals surface area contributed by atoms with Crippen molar-refractivity contribution in [2.24, 2.45) is 11.7 Å². The Kier molecular flexibility index (Phi) is 5.88. The average Bonchev–Trinajstić information content (AvgIpc) is 2.42. The molecule has 0 amide bonds. The molecule has 20 heavy (non-hydrogen) atoms. The molecule has 0 aromatic heterocycles. The van der Waals surface area contributed by atoms with Gasteiger partial charge >= 0.3 is 0 Å². The standard InChI is InChI=1S/C17H29NO2/c1-7-12(2)15(18)11-20-16-9-8-13(19-6)10-14(16)17(3,4)5/h8-10,12,15H,7,11,18H2,1-6H3. The van der Waals surface area contributed by atoms with Crippen LogP contribution in [0.25, 0.3) is 0 Å². The van der Waals surface area contributed by atoms with Crippen LogP contribution < -0.4 is 15.2 Å². The third kappa shape index (κ3) is 4.41. The van der Waals surface area contributed by atoms with E-state index in [1.165, 1.54) is 0 Å². The number of hydrogen-bond donors (Lipinski definition) is 1. The van der Waals surface area contributed by atoms with Crippen molar-refractivity contribution in [2.75, 3.05) is 13.7 Å². The first-order chi connectivity index (χ1) is 9.29. The lowest BCUT2D eigenvalue weighted by atomic mass is 9.86. The lowest BCUT2D eigenvalue weighted by Crippen LogP contribution is -2.34. The molecular formula is C17H29NO2. The molecule has 0 aliphatic rings. The molecule has 0 radical (unpaired) electrons. The zero-order chi connectivity index (χ0) is 15.3. The summed E-state index contributed by atoms with van der Waals surface area (Å²) in [7, 11) is 1.68. The van der Waals surface area contributed by atoms with Gasteiger partial charge in [0.25, 0.3) is 0 Å². The normalized spacial score (nSPS) is 14.8. The van der Waals surface area contributed by atoms with Crippen molar-refractivity contribution in [3.8, 4) is 11.5 Å². The van der Waals surface area contributed by atoms with E-state index in [2.05, 4.69) is 34.6 Å². The summed E-state index contributed by atoms with van der Waals surface area (Å²) in [6, 6.07) is 6.02. The van der Waals surface area contributed by atoms with Crippen molar-refractivity contribution >= 4 is 0 Å². The predicted octanol–water partition coefficient (Wildman–Crippen LogP) is 3.74. The molecule has 2 N–H and O–H groups in total. The van der Waals surface area contributed by atoms with E-state index >= 15 is 0 Å². The second kappa shape index (κ2) is 6.98. The molecule has 3 nitrogen and oxygen atoms in total. The van der Waals surface area contributed by atoms with E-state index in [4.69, 9.17) is 15.2 Å². The van der Waals surface area contributed by atoms with Crippen molar-refractivity contribution in [2.45, 2.75) is 52.5 Å². The topological polar surface area (TPSA) is 44.5 Å². The van der Waals surface area contributed by atoms with E-state index in [1.807, 2.05) is 18.2 Å². The molecule has 2 atom stereocenters. The summed E-state index contributed by atoms with van der Waals surface area (Å²) >= 11 is 0. The summed E-state index contributed by atoms with van der Waals surface area (Å²) in [5.41, 5.74) is 7.29. The first-order valence-corrected chi connectivity index (χ1v) is 7.36. The quantitative estimate of drug-likeness (QED) is 0.862. The monoisotopic (exact) mass is 279 g/mol. The predicted molar refractivity (Wildman–Crippen MR) is 84.6 cm³/mol. The first kappa shape index (κ1) is 16.8. The van der Waals surface area contributed by atoms with Gasteiger partial charge in [-0.15, -0.1) is 0 Å². The minimum Gasteiger partial charge on any atom is -0.497 e. The van der Waals surface area contributed by atoms with E-state index in [-0.39, 0.29) is 11.5 Å². The zero-order valence-corrected chi connectivity index (χ0v) is 13.7. The second-order valence-electron chi connectivity index (χ2n) is 6.47. The Morgan fingerprint density at radius 3 is 2.40 bits per heavy atom. The Morgan fingerprint density at radius 2 is 1.90 bits per heavy atom. The summed E-state index contributed by atoms with van der Waals surface area (Å²) in [6.07, 6.45) is 1.07. The summed E-state index contributed by atoms with van der Waals surface area (Å²) < 4.78 is 11.3. The van der Waals surface area contributed by atoms with Crippen molar-refractivity contribution in [1.82, 2.24) is 0 Å². The van der Waals surface area contributed by atoms with Crippen LogP contribution in [0.2, 0.25) is 0 Å². The third-order valence-corrected chi connectivity index (χ3v) is 3.80. The van der Waals surface area contributed by atoms with Crippen LogP contribution in [0.5, 0.6) is 11.5 Å². The highest BCUT2D eigenvalue weighted by Gasteiger charge is 2.21. The van der Waals surface area contributed by atoms with Crippen molar-refractivity contribution in [3.63, 3.8) is 0 Å². The Morgan fingerprint density at radius 1 is 1.25 bits per heavy atom. The molecule has 0 fully saturated rings. The molecule has 1 rings (SSSR count). The molecule has 3 heteroatoms. The van der Waals surface area contributed by atoms with Crippen LogP contribution in [0, 0.1) is 5.92 Å². The lowest BCUT2D eigenvalue weighted by Gasteiger charge is -2.25. The highest BCUT2D eigenvalue weighted by Crippen LogP contribution is 2.34. The summed E-state index contributed by atoms with van der Waals surface area (Å²) in [5, 5.41) is 0. The lowest BCUT2D eigenvalue weighted by molar-refractivity contribution is 0.245. The highest BCUT2D eigenvalue weighted by molar-refractivity contribution is 5.44. The van der Waals surface area contributed by atoms with Gasteiger partial charge < -0.3 is 15.2 Å². The van der Waals surface area contributed by atoms with Gasteiger partial charge in [0, 0.05) is 11.6 Å². The third-order valence-electron chi connectivity index (χ3n) is 3.80. The molecule has 114 valence electrons. The first-order valence-electron chi connectivity index (χ1n) is 7.36. The molecule has 0 bridgehead atoms. The molecule has 0 saturated carbocycles. The number of hydrogen-bond acceptors (Lipinski definition) is 3. The minimum absolute atomic E-state index is 0.00431. The van der Waals surface area contributed by atoms with E-state index in [9.17, 15) is 0 Å². The van der Waals surface area contributed by atoms with Crippen molar-refractivity contribution in [1.29, 1.82) is 0 Å². The van der Waals surface area contributed by atoms with E-state index in [0.717, 1.165) is 23.5 Å². The largest absolute Gasteiger partial charge is 0.497 e. The van der Waals surface area contributed by atoms with Gasteiger partial charge in [-0.3, -0.25) is 0 Å². The Labute approximate surface area is 123 Å². The highest BCUT2D eigenvalue weighted by atomic mass is 16.5. The number of methoxy groups -OCH3 is 1. The number of rotatable bonds is 6. The molecule has 0 spiro atoms. The zero-order valence-electron chi connectivity index (χ0n) is 13.7. The van der Waals surface area contributed by atoms with Crippen LogP contribution in [0.3, 0.4) is 0 Å². The van der Waals surface area contributed by atoms with Gasteiger partial charge in [-0.1, -0.05) is 41.0 Å². The number of benzene rings is 1. The van der Waals surface area contributed by atoms with Gasteiger partial charge in [-0.05, 0) is 29.5 Å². The molecule has 0 heterocycles. The van der Waals surface area contributed by atoms with Crippen LogP contribution in [-0.2, 0) is 5.41 Å². The van der Waals surface area contributed by atoms with Crippen LogP contribution in [0.15, 0.2) is 18.2 Å². The number of nitrogens with two attached hydrogens (primary N) is 1. The van der Waals surface area contributed by atoms with Crippen LogP contribution in [0.1, 0.15) is 46.6 Å². The Balaban J connectivity index is 2.89. The van der Waals surface area contributed by atoms with Crippen LogP contribution >= 0.6 is 0 Å². The summed E-state index contributed by atoms with van der Waals surface area (Å²) in [6.45, 7) is 11.4. The van der Waals surface area contributed by atoms with Crippen molar-refractivity contribution < 1.29 is 9.47 Å². The van der Waals surface area contributed by atoms with Crippen LogP contribution in [0.4, 0.5) is 0 Å². The van der Waals surface area contributed by atoms with Gasteiger partial charge in [-0.2, -0.15) is 0 Å². The van der Waals surface area contributed by atoms with Crippen LogP contribution in [-0.4, -0.2) is 19.8 Å². The summed E-state index contributed by atoms with van der Waals surface area (Å²) in [4.78, 5) is 0. The molecular weight excluding hydrogens is 250 g/mol. The fourth-order valence-electron chi connectivity index (χ4n) is 2.00. The maximum atomic E-state index is 6.14. The van der Waals surface area contributed by atoms with E-state index < -0.39 is 0 Å². The molecule has 1 aromatic carbocycles. The van der Waals surface area contributed by atoms with Gasteiger partial charge in [0.15, 0.2) is 0 Å².